The quantitative estimate of drug-likeness (QED) is 0.105. The zero-order valence-electron chi connectivity index (χ0n) is 64.1. The van der Waals surface area contributed by atoms with Crippen molar-refractivity contribution in [3.05, 3.63) is 423 Å². The number of benzene rings is 21. The molecule has 0 amide bonds. The predicted octanol–water partition coefficient (Wildman–Crippen LogP) is 31.7. The molecule has 23 rings (SSSR count). The molecule has 2 aliphatic rings. The van der Waals surface area contributed by atoms with E-state index in [1.807, 2.05) is 0 Å². The number of rotatable bonds is 8. The van der Waals surface area contributed by atoms with Crippen LogP contribution in [0.15, 0.2) is 400 Å². The van der Waals surface area contributed by atoms with E-state index in [9.17, 15) is 0 Å². The fraction of sp³-hybridized carbons (Fsp3) is 0.0526. The van der Waals surface area contributed by atoms with Crippen LogP contribution in [-0.2, 0) is 10.8 Å². The van der Waals surface area contributed by atoms with Gasteiger partial charge >= 0.3 is 0 Å². The molecule has 21 aromatic rings. The van der Waals surface area contributed by atoms with Crippen molar-refractivity contribution in [1.82, 2.24) is 0 Å². The Morgan fingerprint density at radius 2 is 0.439 bits per heavy atom. The van der Waals surface area contributed by atoms with E-state index in [4.69, 9.17) is 0 Å². The van der Waals surface area contributed by atoms with Gasteiger partial charge in [0.1, 0.15) is 0 Å². The Hall–Kier alpha value is -14.0. The molecule has 0 bridgehead atoms. The molecular weight excluding hydrogens is 1370 g/mol. The third kappa shape index (κ3) is 10.6. The van der Waals surface area contributed by atoms with Crippen LogP contribution in [-0.4, -0.2) is 0 Å². The maximum absolute atomic E-state index is 2.42. The number of hydrogen-bond acceptors (Lipinski definition) is 0. The van der Waals surface area contributed by atoms with E-state index in [2.05, 4.69) is 428 Å². The summed E-state index contributed by atoms with van der Waals surface area (Å²) >= 11 is 0. The summed E-state index contributed by atoms with van der Waals surface area (Å²) in [5.74, 6) is 0. The second kappa shape index (κ2) is 26.3. The van der Waals surface area contributed by atoms with Gasteiger partial charge in [-0.1, -0.05) is 386 Å². The summed E-state index contributed by atoms with van der Waals surface area (Å²) in [6.45, 7) is 9.57. The Bertz CT molecular complexity index is 7460. The normalized spacial score (nSPS) is 13.1. The second-order valence-corrected chi connectivity index (χ2v) is 32.4. The molecule has 0 spiro atoms. The molecule has 0 saturated heterocycles. The molecule has 0 aliphatic heterocycles. The lowest BCUT2D eigenvalue weighted by Gasteiger charge is -2.25. The van der Waals surface area contributed by atoms with E-state index in [0.717, 1.165) is 0 Å². The first-order valence-corrected chi connectivity index (χ1v) is 40.1. The molecule has 2 aliphatic carbocycles. The fourth-order valence-electron chi connectivity index (χ4n) is 20.2. The molecule has 0 fully saturated rings. The van der Waals surface area contributed by atoms with Gasteiger partial charge in [-0.2, -0.15) is 0 Å². The molecular formula is C114H78. The Labute approximate surface area is 664 Å². The van der Waals surface area contributed by atoms with Gasteiger partial charge in [-0.05, 0) is 273 Å². The molecule has 0 atom stereocenters. The minimum absolute atomic E-state index is 0.113. The molecule has 21 aromatic carbocycles. The van der Waals surface area contributed by atoms with Crippen LogP contribution in [0.25, 0.3) is 208 Å². The van der Waals surface area contributed by atoms with Gasteiger partial charge in [0.2, 0.25) is 0 Å². The van der Waals surface area contributed by atoms with Gasteiger partial charge in [-0.25, -0.2) is 0 Å². The molecule has 0 radical (unpaired) electrons. The van der Waals surface area contributed by atoms with Crippen molar-refractivity contribution >= 4 is 97.0 Å². The van der Waals surface area contributed by atoms with Gasteiger partial charge in [-0.15, -0.1) is 0 Å². The maximum atomic E-state index is 2.42. The first-order valence-electron chi connectivity index (χ1n) is 40.1. The van der Waals surface area contributed by atoms with Gasteiger partial charge in [0, 0.05) is 10.8 Å². The van der Waals surface area contributed by atoms with Crippen LogP contribution in [0.3, 0.4) is 0 Å². The van der Waals surface area contributed by atoms with E-state index in [0.29, 0.717) is 0 Å². The van der Waals surface area contributed by atoms with E-state index in [1.165, 1.54) is 230 Å². The second-order valence-electron chi connectivity index (χ2n) is 32.4. The van der Waals surface area contributed by atoms with Gasteiger partial charge < -0.3 is 0 Å². The summed E-state index contributed by atoms with van der Waals surface area (Å²) in [7, 11) is 0. The highest BCUT2D eigenvalue weighted by molar-refractivity contribution is 6.25. The van der Waals surface area contributed by atoms with Crippen LogP contribution < -0.4 is 0 Å². The smallest absolute Gasteiger partial charge is 0.0165 e. The van der Waals surface area contributed by atoms with Crippen LogP contribution in [0.2, 0.25) is 0 Å². The van der Waals surface area contributed by atoms with Crippen LogP contribution in [0.4, 0.5) is 0 Å². The first kappa shape index (κ1) is 66.9. The van der Waals surface area contributed by atoms with E-state index < -0.39 is 0 Å². The highest BCUT2D eigenvalue weighted by Crippen LogP contribution is 2.57. The van der Waals surface area contributed by atoms with Crippen molar-refractivity contribution in [2.45, 2.75) is 38.5 Å². The molecule has 0 unspecified atom stereocenters. The van der Waals surface area contributed by atoms with E-state index >= 15 is 0 Å². The van der Waals surface area contributed by atoms with Crippen molar-refractivity contribution in [2.24, 2.45) is 0 Å². The SMILES string of the molecule is CC1(C)c2cc3ccccc3cc2-c2cccc(-c3ccc(-c4c5ccccc5c(-c5cccc(-c6ccc7ccccc7c6)c5)c5ccccc45)cc3)c21.CC1(C)c2cc3ccccc3cc2-c2cccc(-c3ccc(-c4c5ccccc5c(-c5ccccc5-c5cc6ccccc6c6ccccc56)c5ccccc45)cc3)c21. The average Bonchev–Trinajstić information content (AvgIpc) is 1.74. The largest absolute Gasteiger partial charge is 0.0616 e. The lowest BCUT2D eigenvalue weighted by molar-refractivity contribution is 0.663. The standard InChI is InChI=1S/C59H40.C55H38/c1-59(2)55-36-40-17-4-3-16-39(40)34-54(55)52-29-15-28-43(58(52)59)37-30-32-38(33-31-37)56-48-24-11-13-26-50(48)57(51-27-14-12-25-49(51)56)47-23-10-9-22-46(47)53-35-41-18-5-6-19-42(41)44-20-7-8-21-45(44)53;1-55(2)51-34-41-16-6-5-15-40(41)33-50(51)49-24-12-23-44(54(49)55)36-26-28-37(29-27-36)52-45-19-7-9-21-47(45)53(48-22-10-8-20-46(48)52)43-18-11-17-39(32-43)42-30-25-35-13-3-4-14-38(35)31-42/h3-36H,1-2H3;3-34H,1-2H3. The molecule has 0 nitrogen and oxygen atoms in total. The number of fused-ring (bicyclic) bond motifs is 16. The molecule has 0 heteroatoms. The van der Waals surface area contributed by atoms with Crippen LogP contribution in [0.5, 0.6) is 0 Å². The van der Waals surface area contributed by atoms with Crippen LogP contribution >= 0.6 is 0 Å². The molecule has 114 heavy (non-hydrogen) atoms. The maximum Gasteiger partial charge on any atom is 0.0165 e. The van der Waals surface area contributed by atoms with E-state index in [1.54, 1.807) is 0 Å². The molecule has 0 N–H and O–H groups in total. The van der Waals surface area contributed by atoms with Gasteiger partial charge in [0.25, 0.3) is 0 Å². The van der Waals surface area contributed by atoms with Crippen molar-refractivity contribution in [1.29, 1.82) is 0 Å². The van der Waals surface area contributed by atoms with Crippen molar-refractivity contribution in [3.63, 3.8) is 0 Å². The summed E-state index contributed by atoms with van der Waals surface area (Å²) in [5.41, 5.74) is 31.0. The topological polar surface area (TPSA) is 0 Å². The highest BCUT2D eigenvalue weighted by Gasteiger charge is 2.40. The Kier molecular flexibility index (Phi) is 15.4. The summed E-state index contributed by atoms with van der Waals surface area (Å²) in [6.07, 6.45) is 0. The fourth-order valence-corrected chi connectivity index (χ4v) is 20.2. The minimum Gasteiger partial charge on any atom is -0.0616 e. The van der Waals surface area contributed by atoms with Crippen molar-refractivity contribution in [2.75, 3.05) is 0 Å². The van der Waals surface area contributed by atoms with Crippen LogP contribution in [0, 0.1) is 0 Å². The Morgan fingerprint density at radius 1 is 0.140 bits per heavy atom. The van der Waals surface area contributed by atoms with Gasteiger partial charge in [0.05, 0.1) is 0 Å². The summed E-state index contributed by atoms with van der Waals surface area (Å²) in [4.78, 5) is 0. The van der Waals surface area contributed by atoms with Gasteiger partial charge in [0.15, 0.2) is 0 Å². The average molecular weight is 1450 g/mol. The Morgan fingerprint density at radius 3 is 0.912 bits per heavy atom. The third-order valence-electron chi connectivity index (χ3n) is 25.4. The molecule has 0 heterocycles. The van der Waals surface area contributed by atoms with Crippen molar-refractivity contribution < 1.29 is 0 Å². The van der Waals surface area contributed by atoms with Crippen LogP contribution in [0.1, 0.15) is 49.9 Å². The zero-order valence-corrected chi connectivity index (χ0v) is 64.1. The zero-order chi connectivity index (χ0) is 75.9. The minimum atomic E-state index is -0.123. The Balaban J connectivity index is 0.000000139. The summed E-state index contributed by atoms with van der Waals surface area (Å²) in [5, 5.41) is 22.9. The molecule has 0 saturated carbocycles. The molecule has 534 valence electrons. The summed E-state index contributed by atoms with van der Waals surface area (Å²) < 4.78 is 0. The number of hydrogen-bond donors (Lipinski definition) is 0. The lowest BCUT2D eigenvalue weighted by atomic mass is 9.78. The van der Waals surface area contributed by atoms with Gasteiger partial charge in [-0.3, -0.25) is 0 Å². The summed E-state index contributed by atoms with van der Waals surface area (Å²) in [6, 6.07) is 149. The predicted molar refractivity (Wildman–Crippen MR) is 489 cm³/mol. The molecule has 0 aromatic heterocycles. The monoisotopic (exact) mass is 1450 g/mol. The first-order chi connectivity index (χ1) is 56.1. The van der Waals surface area contributed by atoms with E-state index in [-0.39, 0.29) is 10.8 Å². The lowest BCUT2D eigenvalue weighted by Crippen LogP contribution is -2.16. The third-order valence-corrected chi connectivity index (χ3v) is 25.4. The van der Waals surface area contributed by atoms with Crippen molar-refractivity contribution in [3.8, 4) is 111 Å². The highest BCUT2D eigenvalue weighted by atomic mass is 14.4.